The van der Waals surface area contributed by atoms with Crippen molar-refractivity contribution in [3.8, 4) is 0 Å². The zero-order valence-corrected chi connectivity index (χ0v) is 7.77. The first-order valence-electron chi connectivity index (χ1n) is 4.83. The molecule has 2 saturated heterocycles. The van der Waals surface area contributed by atoms with Gasteiger partial charge in [0.2, 0.25) is 0 Å². The van der Waals surface area contributed by atoms with E-state index in [2.05, 4.69) is 24.1 Å². The quantitative estimate of drug-likeness (QED) is 0.611. The topological polar surface area (TPSA) is 15.3 Å². The molecule has 2 fully saturated rings. The van der Waals surface area contributed by atoms with Gasteiger partial charge in [-0.05, 0) is 19.5 Å². The zero-order valence-electron chi connectivity index (χ0n) is 7.77. The first kappa shape index (κ1) is 9.01. The second-order valence-corrected chi connectivity index (χ2v) is 3.41. The largest absolute Gasteiger partial charge is 0.314 e. The lowest BCUT2D eigenvalue weighted by Gasteiger charge is -2.43. The highest BCUT2D eigenvalue weighted by Gasteiger charge is 2.27. The van der Waals surface area contributed by atoms with Crippen LogP contribution in [0.15, 0.2) is 0 Å². The van der Waals surface area contributed by atoms with Crippen molar-refractivity contribution >= 4 is 0 Å². The molecular formula is C9H20N2. The molecule has 0 unspecified atom stereocenters. The summed E-state index contributed by atoms with van der Waals surface area (Å²) in [5.74, 6) is 0. The maximum Gasteiger partial charge on any atom is 0.0345 e. The van der Waals surface area contributed by atoms with E-state index in [-0.39, 0.29) is 0 Å². The van der Waals surface area contributed by atoms with Crippen LogP contribution in [0.25, 0.3) is 0 Å². The molecule has 2 aliphatic rings. The van der Waals surface area contributed by atoms with Crippen molar-refractivity contribution in [2.24, 2.45) is 0 Å². The van der Waals surface area contributed by atoms with Gasteiger partial charge in [0.1, 0.15) is 0 Å². The second-order valence-electron chi connectivity index (χ2n) is 3.41. The van der Waals surface area contributed by atoms with E-state index >= 15 is 0 Å². The molecule has 0 saturated carbocycles. The zero-order chi connectivity index (χ0) is 8.10. The molecule has 0 radical (unpaired) electrons. The molecule has 0 amide bonds. The fraction of sp³-hybridized carbons (Fsp3) is 1.00. The molecule has 0 aliphatic carbocycles. The lowest BCUT2D eigenvalue weighted by Crippen LogP contribution is -2.60. The highest BCUT2D eigenvalue weighted by atomic mass is 15.3. The predicted molar refractivity (Wildman–Crippen MR) is 48.8 cm³/mol. The Morgan fingerprint density at radius 3 is 1.91 bits per heavy atom. The number of nitrogens with zero attached hydrogens (tertiary/aromatic N) is 1. The Labute approximate surface area is 70.0 Å². The van der Waals surface area contributed by atoms with E-state index in [1.54, 1.807) is 0 Å². The molecule has 0 spiro atoms. The summed E-state index contributed by atoms with van der Waals surface area (Å²) in [5.41, 5.74) is 0. The van der Waals surface area contributed by atoms with Crippen molar-refractivity contribution < 1.29 is 0 Å². The van der Waals surface area contributed by atoms with Crippen molar-refractivity contribution in [1.29, 1.82) is 0 Å². The summed E-state index contributed by atoms with van der Waals surface area (Å²) in [6.45, 7) is 9.43. The van der Waals surface area contributed by atoms with Crippen LogP contribution in [0.3, 0.4) is 0 Å². The summed E-state index contributed by atoms with van der Waals surface area (Å²) < 4.78 is 0. The summed E-state index contributed by atoms with van der Waals surface area (Å²) in [6, 6.07) is 0.906. The lowest BCUT2D eigenvalue weighted by atomic mass is 10.1. The Bertz CT molecular complexity index is 83.7. The van der Waals surface area contributed by atoms with Crippen molar-refractivity contribution in [2.45, 2.75) is 32.7 Å². The lowest BCUT2D eigenvalue weighted by molar-refractivity contribution is 0.0827. The highest BCUT2D eigenvalue weighted by molar-refractivity contribution is 4.87. The highest BCUT2D eigenvalue weighted by Crippen LogP contribution is 2.13. The summed E-state index contributed by atoms with van der Waals surface area (Å²) in [7, 11) is 0. The third kappa shape index (κ3) is 2.46. The Balaban J connectivity index is 0.000000179. The van der Waals surface area contributed by atoms with Gasteiger partial charge in [0.05, 0.1) is 0 Å². The van der Waals surface area contributed by atoms with Crippen LogP contribution < -0.4 is 5.32 Å². The van der Waals surface area contributed by atoms with E-state index in [0.717, 1.165) is 6.04 Å². The molecule has 66 valence electrons. The smallest absolute Gasteiger partial charge is 0.0345 e. The number of rotatable bonds is 1. The van der Waals surface area contributed by atoms with E-state index < -0.39 is 0 Å². The van der Waals surface area contributed by atoms with Crippen LogP contribution in [0.2, 0.25) is 0 Å². The van der Waals surface area contributed by atoms with Gasteiger partial charge in [-0.15, -0.1) is 0 Å². The first-order valence-corrected chi connectivity index (χ1v) is 4.83. The van der Waals surface area contributed by atoms with Crippen LogP contribution in [0.1, 0.15) is 26.7 Å². The standard InChI is InChI=1S/C6H12N2.C3H8/c1-2-8(3-1)6-4-7-5-6;1-3-2/h6-7H,1-5H2;3H2,1-2H3. The van der Waals surface area contributed by atoms with Crippen molar-refractivity contribution in [3.05, 3.63) is 0 Å². The SMILES string of the molecule is C1CN(C2CNC2)C1.CCC. The van der Waals surface area contributed by atoms with Crippen molar-refractivity contribution in [3.63, 3.8) is 0 Å². The van der Waals surface area contributed by atoms with Gasteiger partial charge < -0.3 is 5.32 Å². The summed E-state index contributed by atoms with van der Waals surface area (Å²) in [5, 5.41) is 3.27. The van der Waals surface area contributed by atoms with Crippen molar-refractivity contribution in [1.82, 2.24) is 10.2 Å². The molecule has 11 heavy (non-hydrogen) atoms. The molecule has 0 atom stereocenters. The molecule has 2 rings (SSSR count). The van der Waals surface area contributed by atoms with Gasteiger partial charge in [-0.3, -0.25) is 4.90 Å². The minimum absolute atomic E-state index is 0.906. The van der Waals surface area contributed by atoms with Crippen LogP contribution in [-0.2, 0) is 0 Å². The van der Waals surface area contributed by atoms with Crippen LogP contribution >= 0.6 is 0 Å². The van der Waals surface area contributed by atoms with Crippen LogP contribution in [0, 0.1) is 0 Å². The Morgan fingerprint density at radius 2 is 1.82 bits per heavy atom. The summed E-state index contributed by atoms with van der Waals surface area (Å²) in [6.07, 6.45) is 2.68. The third-order valence-electron chi connectivity index (χ3n) is 2.17. The predicted octanol–water partition coefficient (Wildman–Crippen LogP) is 1.08. The van der Waals surface area contributed by atoms with Gasteiger partial charge >= 0.3 is 0 Å². The third-order valence-corrected chi connectivity index (χ3v) is 2.17. The van der Waals surface area contributed by atoms with Crippen LogP contribution in [0.4, 0.5) is 0 Å². The van der Waals surface area contributed by atoms with Crippen LogP contribution in [-0.4, -0.2) is 37.1 Å². The van der Waals surface area contributed by atoms with E-state index in [1.165, 1.54) is 39.0 Å². The van der Waals surface area contributed by atoms with E-state index in [4.69, 9.17) is 0 Å². The normalized spacial score (nSPS) is 24.5. The van der Waals surface area contributed by atoms with Crippen LogP contribution in [0.5, 0.6) is 0 Å². The van der Waals surface area contributed by atoms with E-state index in [0.29, 0.717) is 0 Å². The number of nitrogens with one attached hydrogen (secondary N) is 1. The monoisotopic (exact) mass is 156 g/mol. The Morgan fingerprint density at radius 1 is 1.27 bits per heavy atom. The van der Waals surface area contributed by atoms with Gasteiger partial charge in [0.15, 0.2) is 0 Å². The molecule has 0 aromatic rings. The van der Waals surface area contributed by atoms with Gasteiger partial charge in [-0.2, -0.15) is 0 Å². The summed E-state index contributed by atoms with van der Waals surface area (Å²) in [4.78, 5) is 2.55. The molecule has 2 aliphatic heterocycles. The molecule has 1 N–H and O–H groups in total. The molecule has 2 nitrogen and oxygen atoms in total. The van der Waals surface area contributed by atoms with E-state index in [1.807, 2.05) is 0 Å². The van der Waals surface area contributed by atoms with E-state index in [9.17, 15) is 0 Å². The number of likely N-dealkylation sites (tertiary alicyclic amines) is 1. The first-order chi connectivity index (χ1) is 5.38. The molecular weight excluding hydrogens is 136 g/mol. The number of hydrogen-bond donors (Lipinski definition) is 1. The fourth-order valence-corrected chi connectivity index (χ4v) is 1.24. The molecule has 2 heteroatoms. The average Bonchev–Trinajstić information content (AvgIpc) is 1.75. The average molecular weight is 156 g/mol. The number of hydrogen-bond acceptors (Lipinski definition) is 2. The maximum absolute atomic E-state index is 3.27. The molecule has 0 aromatic carbocycles. The fourth-order valence-electron chi connectivity index (χ4n) is 1.24. The minimum Gasteiger partial charge on any atom is -0.314 e. The second kappa shape index (κ2) is 4.73. The molecule has 0 bridgehead atoms. The Kier molecular flexibility index (Phi) is 3.87. The molecule has 2 heterocycles. The Hall–Kier alpha value is -0.0800. The van der Waals surface area contributed by atoms with Gasteiger partial charge in [-0.1, -0.05) is 20.3 Å². The van der Waals surface area contributed by atoms with Gasteiger partial charge in [0.25, 0.3) is 0 Å². The van der Waals surface area contributed by atoms with Gasteiger partial charge in [0, 0.05) is 19.1 Å². The maximum atomic E-state index is 3.27. The summed E-state index contributed by atoms with van der Waals surface area (Å²) >= 11 is 0. The van der Waals surface area contributed by atoms with Crippen molar-refractivity contribution in [2.75, 3.05) is 26.2 Å². The molecule has 0 aromatic heterocycles. The van der Waals surface area contributed by atoms with Gasteiger partial charge in [-0.25, -0.2) is 0 Å². The minimum atomic E-state index is 0.906.